The molecule has 0 spiro atoms. The van der Waals surface area contributed by atoms with Crippen molar-refractivity contribution < 1.29 is 4.74 Å². The van der Waals surface area contributed by atoms with E-state index >= 15 is 0 Å². The zero-order chi connectivity index (χ0) is 23.8. The Morgan fingerprint density at radius 2 is 0.970 bits per heavy atom. The van der Waals surface area contributed by atoms with Crippen molar-refractivity contribution in [3.63, 3.8) is 0 Å². The summed E-state index contributed by atoms with van der Waals surface area (Å²) in [5.74, 6) is 0. The van der Waals surface area contributed by atoms with Gasteiger partial charge < -0.3 is 4.74 Å². The quantitative estimate of drug-likeness (QED) is 0.111. The summed E-state index contributed by atoms with van der Waals surface area (Å²) in [6, 6.07) is 10.5. The van der Waals surface area contributed by atoms with Crippen LogP contribution in [-0.4, -0.2) is 6.61 Å². The molecule has 1 atom stereocenters. The fraction of sp³-hybridized carbons (Fsp3) is 0.750. The standard InChI is InChI=1S/C32H56O/c1-4-5-6-7-8-9-10-11-12-13-14-15-16-17-18-19-20-21-22-26-29-33-32(30(2)3)31-27-24-23-25-28-31/h23-25,27-28,32H,2,4-22,26,29H2,1,3H3. The summed E-state index contributed by atoms with van der Waals surface area (Å²) in [5.41, 5.74) is 2.31. The minimum Gasteiger partial charge on any atom is -0.369 e. The highest BCUT2D eigenvalue weighted by Gasteiger charge is 2.11. The van der Waals surface area contributed by atoms with Crippen molar-refractivity contribution in [2.45, 2.75) is 148 Å². The third kappa shape index (κ3) is 18.0. The average molecular weight is 457 g/mol. The molecule has 0 heterocycles. The van der Waals surface area contributed by atoms with Crippen LogP contribution in [0.25, 0.3) is 0 Å². The summed E-state index contributed by atoms with van der Waals surface area (Å²) in [4.78, 5) is 0. The summed E-state index contributed by atoms with van der Waals surface area (Å²) in [7, 11) is 0. The van der Waals surface area contributed by atoms with Crippen LogP contribution in [0, 0.1) is 0 Å². The van der Waals surface area contributed by atoms with Gasteiger partial charge in [-0.2, -0.15) is 0 Å². The number of rotatable bonds is 24. The molecule has 1 aromatic rings. The van der Waals surface area contributed by atoms with Crippen LogP contribution in [-0.2, 0) is 4.74 Å². The molecule has 0 aromatic heterocycles. The summed E-state index contributed by atoms with van der Waals surface area (Å²) >= 11 is 0. The summed E-state index contributed by atoms with van der Waals surface area (Å²) in [6.45, 7) is 9.31. The lowest BCUT2D eigenvalue weighted by molar-refractivity contribution is 0.0744. The van der Waals surface area contributed by atoms with Gasteiger partial charge in [0.05, 0.1) is 0 Å². The first-order valence-corrected chi connectivity index (χ1v) is 14.6. The molecule has 1 rings (SSSR count). The zero-order valence-electron chi connectivity index (χ0n) is 22.4. The van der Waals surface area contributed by atoms with Gasteiger partial charge >= 0.3 is 0 Å². The summed E-state index contributed by atoms with van der Waals surface area (Å²) in [6.07, 6.45) is 28.4. The number of benzene rings is 1. The van der Waals surface area contributed by atoms with E-state index in [1.807, 2.05) is 0 Å². The largest absolute Gasteiger partial charge is 0.369 e. The lowest BCUT2D eigenvalue weighted by atomic mass is 10.0. The summed E-state index contributed by atoms with van der Waals surface area (Å²) in [5, 5.41) is 0. The van der Waals surface area contributed by atoms with E-state index in [9.17, 15) is 0 Å². The van der Waals surface area contributed by atoms with E-state index in [1.165, 1.54) is 128 Å². The topological polar surface area (TPSA) is 9.23 Å². The maximum Gasteiger partial charge on any atom is 0.103 e. The Morgan fingerprint density at radius 3 is 1.33 bits per heavy atom. The van der Waals surface area contributed by atoms with E-state index in [1.54, 1.807) is 0 Å². The molecule has 0 fully saturated rings. The highest BCUT2D eigenvalue weighted by molar-refractivity contribution is 5.24. The van der Waals surface area contributed by atoms with Crippen molar-refractivity contribution in [1.82, 2.24) is 0 Å². The van der Waals surface area contributed by atoms with Crippen LogP contribution in [0.3, 0.4) is 0 Å². The van der Waals surface area contributed by atoms with Crippen LogP contribution < -0.4 is 0 Å². The number of ether oxygens (including phenoxy) is 1. The van der Waals surface area contributed by atoms with Crippen LogP contribution in [0.2, 0.25) is 0 Å². The SMILES string of the molecule is C=C(C)C(OCCCCCCCCCCCCCCCCCCCCCC)c1ccccc1. The van der Waals surface area contributed by atoms with Crippen LogP contribution in [0.15, 0.2) is 42.5 Å². The first-order valence-electron chi connectivity index (χ1n) is 14.6. The van der Waals surface area contributed by atoms with Crippen LogP contribution in [0.4, 0.5) is 0 Å². The van der Waals surface area contributed by atoms with E-state index in [4.69, 9.17) is 4.74 Å². The van der Waals surface area contributed by atoms with Gasteiger partial charge in [0.1, 0.15) is 6.10 Å². The molecule has 0 aliphatic rings. The first-order chi connectivity index (χ1) is 16.3. The molecule has 1 heteroatoms. The van der Waals surface area contributed by atoms with E-state index in [-0.39, 0.29) is 6.10 Å². The smallest absolute Gasteiger partial charge is 0.103 e. The third-order valence-corrected chi connectivity index (χ3v) is 6.83. The average Bonchev–Trinajstić information content (AvgIpc) is 2.82. The Morgan fingerprint density at radius 1 is 0.606 bits per heavy atom. The Labute approximate surface area is 207 Å². The van der Waals surface area contributed by atoms with Crippen LogP contribution in [0.1, 0.15) is 154 Å². The van der Waals surface area contributed by atoms with Gasteiger partial charge in [0, 0.05) is 6.61 Å². The highest BCUT2D eigenvalue weighted by atomic mass is 16.5. The van der Waals surface area contributed by atoms with Gasteiger partial charge in [-0.1, -0.05) is 166 Å². The van der Waals surface area contributed by atoms with Crippen LogP contribution in [0.5, 0.6) is 0 Å². The van der Waals surface area contributed by atoms with Crippen molar-refractivity contribution in [1.29, 1.82) is 0 Å². The van der Waals surface area contributed by atoms with Gasteiger partial charge in [-0.15, -0.1) is 0 Å². The Hall–Kier alpha value is -1.08. The first kappa shape index (κ1) is 30.0. The van der Waals surface area contributed by atoms with E-state index in [0.717, 1.165) is 18.6 Å². The predicted octanol–water partition coefficient (Wildman–Crippen LogP) is 11.1. The van der Waals surface area contributed by atoms with Gasteiger partial charge in [0.15, 0.2) is 0 Å². The molecule has 0 aliphatic carbocycles. The van der Waals surface area contributed by atoms with E-state index in [0.29, 0.717) is 0 Å². The molecular formula is C32H56O. The monoisotopic (exact) mass is 456 g/mol. The molecule has 1 unspecified atom stereocenters. The second-order valence-electron chi connectivity index (χ2n) is 10.2. The second-order valence-corrected chi connectivity index (χ2v) is 10.2. The molecule has 0 aliphatic heterocycles. The number of unbranched alkanes of at least 4 members (excludes halogenated alkanes) is 19. The van der Waals surface area contributed by atoms with E-state index in [2.05, 4.69) is 50.8 Å². The van der Waals surface area contributed by atoms with Gasteiger partial charge in [-0.05, 0) is 24.5 Å². The molecule has 1 aromatic carbocycles. The Kier molecular flexibility index (Phi) is 20.6. The Balaban J connectivity index is 1.79. The van der Waals surface area contributed by atoms with Gasteiger partial charge in [0.2, 0.25) is 0 Å². The Bertz CT molecular complexity index is 535. The van der Waals surface area contributed by atoms with Gasteiger partial charge in [0.25, 0.3) is 0 Å². The van der Waals surface area contributed by atoms with Gasteiger partial charge in [-0.3, -0.25) is 0 Å². The predicted molar refractivity (Wildman–Crippen MR) is 148 cm³/mol. The zero-order valence-corrected chi connectivity index (χ0v) is 22.4. The third-order valence-electron chi connectivity index (χ3n) is 6.83. The molecule has 1 nitrogen and oxygen atoms in total. The maximum atomic E-state index is 6.13. The number of hydrogen-bond donors (Lipinski definition) is 0. The molecule has 0 saturated carbocycles. The number of hydrogen-bond acceptors (Lipinski definition) is 1. The molecule has 0 saturated heterocycles. The van der Waals surface area contributed by atoms with Crippen molar-refractivity contribution in [2.24, 2.45) is 0 Å². The minimum absolute atomic E-state index is 0.0477. The normalized spacial score (nSPS) is 12.2. The molecule has 0 amide bonds. The minimum atomic E-state index is 0.0477. The van der Waals surface area contributed by atoms with Crippen molar-refractivity contribution in [3.8, 4) is 0 Å². The van der Waals surface area contributed by atoms with Crippen molar-refractivity contribution in [3.05, 3.63) is 48.0 Å². The fourth-order valence-electron chi connectivity index (χ4n) is 4.71. The molecule has 0 N–H and O–H groups in total. The molecule has 190 valence electrons. The van der Waals surface area contributed by atoms with Crippen molar-refractivity contribution >= 4 is 0 Å². The molecule has 0 bridgehead atoms. The molecule has 33 heavy (non-hydrogen) atoms. The fourth-order valence-corrected chi connectivity index (χ4v) is 4.71. The second kappa shape index (κ2) is 22.7. The lowest BCUT2D eigenvalue weighted by Gasteiger charge is -2.18. The lowest BCUT2D eigenvalue weighted by Crippen LogP contribution is -2.06. The van der Waals surface area contributed by atoms with Gasteiger partial charge in [-0.25, -0.2) is 0 Å². The molecular weight excluding hydrogens is 400 g/mol. The van der Waals surface area contributed by atoms with E-state index < -0.39 is 0 Å². The summed E-state index contributed by atoms with van der Waals surface area (Å²) < 4.78 is 6.13. The molecule has 0 radical (unpaired) electrons. The maximum absolute atomic E-state index is 6.13. The van der Waals surface area contributed by atoms with Crippen LogP contribution >= 0.6 is 0 Å². The van der Waals surface area contributed by atoms with Crippen molar-refractivity contribution in [2.75, 3.05) is 6.61 Å². The highest BCUT2D eigenvalue weighted by Crippen LogP contribution is 2.24.